The van der Waals surface area contributed by atoms with Crippen molar-refractivity contribution in [2.45, 2.75) is 19.2 Å². The van der Waals surface area contributed by atoms with E-state index in [0.29, 0.717) is 18.1 Å². The number of thioether (sulfide) groups is 1. The summed E-state index contributed by atoms with van der Waals surface area (Å²) < 4.78 is 0. The Balaban J connectivity index is 1.68. The average Bonchev–Trinajstić information content (AvgIpc) is 2.92. The van der Waals surface area contributed by atoms with Crippen LogP contribution in [0, 0.1) is 6.92 Å². The largest absolute Gasteiger partial charge is 0.348 e. The molecule has 6 heteroatoms. The van der Waals surface area contributed by atoms with Crippen LogP contribution in [0.2, 0.25) is 0 Å². The topological polar surface area (TPSA) is 70.7 Å². The summed E-state index contributed by atoms with van der Waals surface area (Å²) in [6, 6.07) is 8.22. The Kier molecular flexibility index (Phi) is 4.97. The van der Waals surface area contributed by atoms with E-state index in [1.54, 1.807) is 11.8 Å². The van der Waals surface area contributed by atoms with Crippen molar-refractivity contribution in [3.05, 3.63) is 47.5 Å². The normalized spacial score (nSPS) is 10.4. The Labute approximate surface area is 116 Å². The van der Waals surface area contributed by atoms with Crippen LogP contribution >= 0.6 is 11.8 Å². The van der Waals surface area contributed by atoms with E-state index in [1.807, 2.05) is 12.1 Å². The molecule has 1 aromatic heterocycles. The molecule has 1 amide bonds. The van der Waals surface area contributed by atoms with E-state index in [4.69, 9.17) is 0 Å². The Morgan fingerprint density at radius 2 is 2.26 bits per heavy atom. The lowest BCUT2D eigenvalue weighted by molar-refractivity contribution is -0.118. The van der Waals surface area contributed by atoms with Crippen molar-refractivity contribution in [3.8, 4) is 0 Å². The summed E-state index contributed by atoms with van der Waals surface area (Å²) in [5.74, 6) is 1.97. The van der Waals surface area contributed by atoms with Crippen molar-refractivity contribution in [3.63, 3.8) is 0 Å². The molecule has 2 aromatic rings. The Hall–Kier alpha value is -1.82. The highest BCUT2D eigenvalue weighted by molar-refractivity contribution is 7.99. The fraction of sp³-hybridized carbons (Fsp3) is 0.308. The predicted octanol–water partition coefficient (Wildman–Crippen LogP) is 1.66. The first kappa shape index (κ1) is 13.6. The SMILES string of the molecule is Cc1ccccc1CSCC(=O)NCc1ncn[nH]1. The van der Waals surface area contributed by atoms with Gasteiger partial charge < -0.3 is 5.32 Å². The van der Waals surface area contributed by atoms with Crippen LogP contribution in [0.15, 0.2) is 30.6 Å². The number of H-pyrrole nitrogens is 1. The summed E-state index contributed by atoms with van der Waals surface area (Å²) >= 11 is 1.61. The fourth-order valence-corrected chi connectivity index (χ4v) is 2.51. The van der Waals surface area contributed by atoms with E-state index in [2.05, 4.69) is 39.6 Å². The van der Waals surface area contributed by atoms with Crippen LogP contribution in [0.3, 0.4) is 0 Å². The number of aromatic nitrogens is 3. The van der Waals surface area contributed by atoms with Crippen LogP contribution in [0.25, 0.3) is 0 Å². The maximum absolute atomic E-state index is 11.6. The predicted molar refractivity (Wildman–Crippen MR) is 75.6 cm³/mol. The third-order valence-electron chi connectivity index (χ3n) is 2.67. The summed E-state index contributed by atoms with van der Waals surface area (Å²) in [4.78, 5) is 15.6. The van der Waals surface area contributed by atoms with E-state index >= 15 is 0 Å². The summed E-state index contributed by atoms with van der Waals surface area (Å²) in [5, 5.41) is 9.21. The maximum atomic E-state index is 11.6. The highest BCUT2D eigenvalue weighted by Gasteiger charge is 2.04. The first-order chi connectivity index (χ1) is 9.25. The Morgan fingerprint density at radius 1 is 1.42 bits per heavy atom. The molecule has 0 aliphatic carbocycles. The van der Waals surface area contributed by atoms with Gasteiger partial charge in [-0.2, -0.15) is 5.10 Å². The van der Waals surface area contributed by atoms with Crippen LogP contribution in [0.5, 0.6) is 0 Å². The zero-order valence-corrected chi connectivity index (χ0v) is 11.5. The third kappa shape index (κ3) is 4.40. The van der Waals surface area contributed by atoms with Crippen LogP contribution in [-0.2, 0) is 17.1 Å². The van der Waals surface area contributed by atoms with Crippen molar-refractivity contribution < 1.29 is 4.79 Å². The van der Waals surface area contributed by atoms with Gasteiger partial charge in [-0.15, -0.1) is 11.8 Å². The molecule has 0 saturated carbocycles. The van der Waals surface area contributed by atoms with Gasteiger partial charge in [0.25, 0.3) is 0 Å². The second-order valence-electron chi connectivity index (χ2n) is 4.13. The van der Waals surface area contributed by atoms with Gasteiger partial charge in [-0.1, -0.05) is 24.3 Å². The molecular weight excluding hydrogens is 260 g/mol. The lowest BCUT2D eigenvalue weighted by atomic mass is 10.1. The molecule has 1 heterocycles. The molecule has 0 fully saturated rings. The second kappa shape index (κ2) is 6.94. The molecule has 0 radical (unpaired) electrons. The molecule has 0 spiro atoms. The summed E-state index contributed by atoms with van der Waals surface area (Å²) in [6.07, 6.45) is 1.43. The zero-order valence-electron chi connectivity index (χ0n) is 10.7. The van der Waals surface area contributed by atoms with Crippen LogP contribution < -0.4 is 5.32 Å². The second-order valence-corrected chi connectivity index (χ2v) is 5.11. The van der Waals surface area contributed by atoms with Gasteiger partial charge in [0, 0.05) is 5.75 Å². The lowest BCUT2D eigenvalue weighted by Crippen LogP contribution is -2.25. The molecule has 2 rings (SSSR count). The maximum Gasteiger partial charge on any atom is 0.230 e. The monoisotopic (exact) mass is 276 g/mol. The number of carbonyl (C=O) groups is 1. The van der Waals surface area contributed by atoms with Gasteiger partial charge in [0.1, 0.15) is 12.2 Å². The number of amides is 1. The molecule has 0 unspecified atom stereocenters. The van der Waals surface area contributed by atoms with Gasteiger partial charge in [0.2, 0.25) is 5.91 Å². The molecule has 100 valence electrons. The minimum atomic E-state index is 0.00924. The first-order valence-corrected chi connectivity index (χ1v) is 7.14. The average molecular weight is 276 g/mol. The number of aromatic amines is 1. The molecule has 0 aliphatic rings. The lowest BCUT2D eigenvalue weighted by Gasteiger charge is -2.05. The highest BCUT2D eigenvalue weighted by Crippen LogP contribution is 2.15. The molecule has 2 N–H and O–H groups in total. The quantitative estimate of drug-likeness (QED) is 0.842. The van der Waals surface area contributed by atoms with Crippen LogP contribution in [0.1, 0.15) is 17.0 Å². The number of aryl methyl sites for hydroxylation is 1. The van der Waals surface area contributed by atoms with Gasteiger partial charge in [0.15, 0.2) is 0 Å². The Bertz CT molecular complexity index is 527. The molecule has 0 atom stereocenters. The molecule has 0 bridgehead atoms. The molecule has 1 aromatic carbocycles. The van der Waals surface area contributed by atoms with Gasteiger partial charge in [-0.05, 0) is 18.1 Å². The molecule has 0 aliphatic heterocycles. The standard InChI is InChI=1S/C13H16N4OS/c1-10-4-2-3-5-11(10)7-19-8-13(18)14-6-12-15-9-16-17-12/h2-5,9H,6-8H2,1H3,(H,14,18)(H,15,16,17). The Morgan fingerprint density at radius 3 is 3.00 bits per heavy atom. The zero-order chi connectivity index (χ0) is 13.5. The van der Waals surface area contributed by atoms with E-state index in [1.165, 1.54) is 17.5 Å². The molecule has 5 nitrogen and oxygen atoms in total. The van der Waals surface area contributed by atoms with E-state index in [9.17, 15) is 4.79 Å². The number of rotatable bonds is 6. The summed E-state index contributed by atoms with van der Waals surface area (Å²) in [5.41, 5.74) is 2.53. The van der Waals surface area contributed by atoms with E-state index in [-0.39, 0.29) is 5.91 Å². The van der Waals surface area contributed by atoms with Gasteiger partial charge in [-0.25, -0.2) is 4.98 Å². The molecule has 19 heavy (non-hydrogen) atoms. The highest BCUT2D eigenvalue weighted by atomic mass is 32.2. The minimum absolute atomic E-state index is 0.00924. The van der Waals surface area contributed by atoms with Crippen molar-refractivity contribution in [1.29, 1.82) is 0 Å². The van der Waals surface area contributed by atoms with E-state index in [0.717, 1.165) is 5.75 Å². The first-order valence-electron chi connectivity index (χ1n) is 5.99. The summed E-state index contributed by atoms with van der Waals surface area (Å²) in [6.45, 7) is 2.48. The van der Waals surface area contributed by atoms with Crippen molar-refractivity contribution >= 4 is 17.7 Å². The van der Waals surface area contributed by atoms with Crippen LogP contribution in [0.4, 0.5) is 0 Å². The van der Waals surface area contributed by atoms with Crippen molar-refractivity contribution in [2.75, 3.05) is 5.75 Å². The van der Waals surface area contributed by atoms with Crippen molar-refractivity contribution in [2.24, 2.45) is 0 Å². The fourth-order valence-electron chi connectivity index (χ4n) is 1.58. The van der Waals surface area contributed by atoms with Crippen molar-refractivity contribution in [1.82, 2.24) is 20.5 Å². The third-order valence-corrected chi connectivity index (χ3v) is 3.65. The van der Waals surface area contributed by atoms with Gasteiger partial charge in [0.05, 0.1) is 12.3 Å². The smallest absolute Gasteiger partial charge is 0.230 e. The molecular formula is C13H16N4OS. The number of nitrogens with one attached hydrogen (secondary N) is 2. The number of benzene rings is 1. The number of hydrogen-bond donors (Lipinski definition) is 2. The molecule has 0 saturated heterocycles. The summed E-state index contributed by atoms with van der Waals surface area (Å²) in [7, 11) is 0. The van der Waals surface area contributed by atoms with Gasteiger partial charge in [-0.3, -0.25) is 9.89 Å². The van der Waals surface area contributed by atoms with E-state index < -0.39 is 0 Å². The van der Waals surface area contributed by atoms with Gasteiger partial charge >= 0.3 is 0 Å². The van der Waals surface area contributed by atoms with Crippen LogP contribution in [-0.4, -0.2) is 26.8 Å². The number of nitrogens with zero attached hydrogens (tertiary/aromatic N) is 2. The minimum Gasteiger partial charge on any atom is -0.348 e. The number of hydrogen-bond acceptors (Lipinski definition) is 4. The number of carbonyl (C=O) groups excluding carboxylic acids is 1.